The van der Waals surface area contributed by atoms with E-state index < -0.39 is 0 Å². The molecule has 2 heteroatoms. The molecular formula is C66H44N2. The van der Waals surface area contributed by atoms with E-state index in [1.54, 1.807) is 0 Å². The number of fused-ring (bicyclic) bond motifs is 8. The van der Waals surface area contributed by atoms with Gasteiger partial charge in [-0.3, -0.25) is 0 Å². The van der Waals surface area contributed by atoms with Crippen molar-refractivity contribution in [2.45, 2.75) is 0 Å². The fourth-order valence-corrected chi connectivity index (χ4v) is 10.5. The van der Waals surface area contributed by atoms with Crippen molar-refractivity contribution in [3.63, 3.8) is 0 Å². The topological polar surface area (TPSA) is 8.17 Å². The van der Waals surface area contributed by atoms with Gasteiger partial charge in [0.1, 0.15) is 0 Å². The van der Waals surface area contributed by atoms with Crippen molar-refractivity contribution in [1.29, 1.82) is 0 Å². The zero-order valence-corrected chi connectivity index (χ0v) is 37.3. The lowest BCUT2D eigenvalue weighted by molar-refractivity contribution is 1.19. The lowest BCUT2D eigenvalue weighted by Crippen LogP contribution is -2.10. The smallest absolute Gasteiger partial charge is 0.0625 e. The number of hydrogen-bond donors (Lipinski definition) is 0. The molecule has 318 valence electrons. The Kier molecular flexibility index (Phi) is 9.54. The van der Waals surface area contributed by atoms with Crippen LogP contribution in [0.15, 0.2) is 267 Å². The van der Waals surface area contributed by atoms with Gasteiger partial charge in [-0.15, -0.1) is 0 Å². The van der Waals surface area contributed by atoms with Crippen molar-refractivity contribution < 1.29 is 0 Å². The average Bonchev–Trinajstić information content (AvgIpc) is 3.77. The van der Waals surface area contributed by atoms with Gasteiger partial charge >= 0.3 is 0 Å². The minimum absolute atomic E-state index is 1.08. The summed E-state index contributed by atoms with van der Waals surface area (Å²) in [4.78, 5) is 2.40. The first kappa shape index (κ1) is 39.4. The van der Waals surface area contributed by atoms with Gasteiger partial charge in [0, 0.05) is 38.9 Å². The monoisotopic (exact) mass is 864 g/mol. The molecule has 0 radical (unpaired) electrons. The van der Waals surface area contributed by atoms with Crippen molar-refractivity contribution in [3.8, 4) is 50.2 Å². The predicted molar refractivity (Wildman–Crippen MR) is 290 cm³/mol. The average molecular weight is 865 g/mol. The fourth-order valence-electron chi connectivity index (χ4n) is 10.5. The first-order valence-electron chi connectivity index (χ1n) is 23.4. The number of hydrogen-bond acceptors (Lipinski definition) is 1. The molecule has 0 aliphatic rings. The number of para-hydroxylation sites is 2. The third-order valence-corrected chi connectivity index (χ3v) is 13.7. The molecule has 1 heterocycles. The van der Waals surface area contributed by atoms with Gasteiger partial charge in [0.25, 0.3) is 0 Å². The number of rotatable bonds is 8. The molecule has 0 saturated carbocycles. The summed E-state index contributed by atoms with van der Waals surface area (Å²) in [6.45, 7) is 0. The van der Waals surface area contributed by atoms with Crippen molar-refractivity contribution in [2.24, 2.45) is 0 Å². The molecule has 0 aliphatic carbocycles. The molecule has 13 aromatic rings. The van der Waals surface area contributed by atoms with Crippen LogP contribution in [0, 0.1) is 0 Å². The van der Waals surface area contributed by atoms with E-state index in [0.717, 1.165) is 28.3 Å². The minimum Gasteiger partial charge on any atom is -0.310 e. The van der Waals surface area contributed by atoms with Crippen molar-refractivity contribution in [1.82, 2.24) is 4.57 Å². The molecule has 0 spiro atoms. The number of aromatic nitrogens is 1. The van der Waals surface area contributed by atoms with Crippen LogP contribution in [-0.2, 0) is 0 Å². The lowest BCUT2D eigenvalue weighted by Gasteiger charge is -2.27. The van der Waals surface area contributed by atoms with Crippen LogP contribution < -0.4 is 4.90 Å². The van der Waals surface area contributed by atoms with Gasteiger partial charge in [-0.1, -0.05) is 200 Å². The molecule has 0 bridgehead atoms. The normalized spacial score (nSPS) is 11.5. The van der Waals surface area contributed by atoms with E-state index in [4.69, 9.17) is 0 Å². The molecule has 13 rings (SSSR count). The highest BCUT2D eigenvalue weighted by Gasteiger charge is 2.21. The fraction of sp³-hybridized carbons (Fsp3) is 0. The predicted octanol–water partition coefficient (Wildman–Crippen LogP) is 18.4. The highest BCUT2D eigenvalue weighted by atomic mass is 15.1. The second-order valence-corrected chi connectivity index (χ2v) is 17.7. The maximum atomic E-state index is 2.45. The van der Waals surface area contributed by atoms with E-state index in [9.17, 15) is 0 Å². The Balaban J connectivity index is 0.967. The molecule has 0 N–H and O–H groups in total. The summed E-state index contributed by atoms with van der Waals surface area (Å²) in [5, 5.41) is 9.98. The van der Waals surface area contributed by atoms with Crippen LogP contribution in [0.2, 0.25) is 0 Å². The number of anilines is 3. The zero-order valence-electron chi connectivity index (χ0n) is 37.3. The SMILES string of the molecule is c1ccc(-c2ccc(-c3ccc(N(c4ccc(-c5cc6ccccc6c6ccccc56)cc4)c4cccc(-c5cc6ccccc6c6c5c5ccccc5n6-c5ccccc5)c4)cc3)cc2)cc1. The maximum absolute atomic E-state index is 2.45. The number of benzene rings is 12. The summed E-state index contributed by atoms with van der Waals surface area (Å²) in [7, 11) is 0. The molecule has 0 saturated heterocycles. The highest BCUT2D eigenvalue weighted by molar-refractivity contribution is 6.24. The summed E-state index contributed by atoms with van der Waals surface area (Å²) in [5.41, 5.74) is 16.4. The van der Waals surface area contributed by atoms with Crippen LogP contribution in [0.4, 0.5) is 17.1 Å². The summed E-state index contributed by atoms with van der Waals surface area (Å²) in [6.07, 6.45) is 0. The van der Waals surface area contributed by atoms with Crippen LogP contribution in [0.3, 0.4) is 0 Å². The van der Waals surface area contributed by atoms with Gasteiger partial charge < -0.3 is 9.47 Å². The van der Waals surface area contributed by atoms with Gasteiger partial charge in [-0.05, 0) is 138 Å². The van der Waals surface area contributed by atoms with Crippen LogP contribution in [-0.4, -0.2) is 4.57 Å². The van der Waals surface area contributed by atoms with E-state index in [-0.39, 0.29) is 0 Å². The zero-order chi connectivity index (χ0) is 45.0. The highest BCUT2D eigenvalue weighted by Crippen LogP contribution is 2.45. The molecule has 12 aromatic carbocycles. The lowest BCUT2D eigenvalue weighted by atomic mass is 9.93. The Morgan fingerprint density at radius 2 is 0.735 bits per heavy atom. The summed E-state index contributed by atoms with van der Waals surface area (Å²) < 4.78 is 2.45. The van der Waals surface area contributed by atoms with Gasteiger partial charge in [-0.25, -0.2) is 0 Å². The molecule has 68 heavy (non-hydrogen) atoms. The van der Waals surface area contributed by atoms with E-state index in [0.29, 0.717) is 0 Å². The van der Waals surface area contributed by atoms with Gasteiger partial charge in [-0.2, -0.15) is 0 Å². The Bertz CT molecular complexity index is 3980. The Hall–Kier alpha value is -8.98. The van der Waals surface area contributed by atoms with E-state index >= 15 is 0 Å². The Labute approximate surface area is 395 Å². The number of nitrogens with zero attached hydrogens (tertiary/aromatic N) is 2. The van der Waals surface area contributed by atoms with Crippen molar-refractivity contribution in [2.75, 3.05) is 4.90 Å². The van der Waals surface area contributed by atoms with Crippen LogP contribution >= 0.6 is 0 Å². The minimum atomic E-state index is 1.08. The Morgan fingerprint density at radius 1 is 0.265 bits per heavy atom. The largest absolute Gasteiger partial charge is 0.310 e. The molecule has 0 unspecified atom stereocenters. The first-order chi connectivity index (χ1) is 33.7. The molecule has 0 amide bonds. The second-order valence-electron chi connectivity index (χ2n) is 17.7. The molecule has 0 aliphatic heterocycles. The van der Waals surface area contributed by atoms with Crippen LogP contribution in [0.5, 0.6) is 0 Å². The molecule has 0 atom stereocenters. The summed E-state index contributed by atoms with van der Waals surface area (Å²) in [5.74, 6) is 0. The molecule has 2 nitrogen and oxygen atoms in total. The van der Waals surface area contributed by atoms with Crippen molar-refractivity contribution >= 4 is 71.2 Å². The van der Waals surface area contributed by atoms with Crippen LogP contribution in [0.25, 0.3) is 104 Å². The Morgan fingerprint density at radius 3 is 1.41 bits per heavy atom. The summed E-state index contributed by atoms with van der Waals surface area (Å²) in [6, 6.07) is 97.4. The van der Waals surface area contributed by atoms with Gasteiger partial charge in [0.2, 0.25) is 0 Å². The van der Waals surface area contributed by atoms with E-state index in [2.05, 4.69) is 276 Å². The summed E-state index contributed by atoms with van der Waals surface area (Å²) >= 11 is 0. The van der Waals surface area contributed by atoms with E-state index in [1.165, 1.54) is 93.1 Å². The first-order valence-corrected chi connectivity index (χ1v) is 23.4. The molecule has 1 aromatic heterocycles. The second kappa shape index (κ2) is 16.5. The maximum Gasteiger partial charge on any atom is 0.0625 e. The standard InChI is InChI=1S/C66H44N2/c1-3-16-45(17-4-1)46-30-32-47(33-31-46)48-34-38-54(39-35-48)67(55-40-36-49(37-41-55)62-43-51-18-7-9-24-57(51)59-26-11-12-27-60(59)62)56-23-15-20-50(42-56)63-44-52-19-8-10-25-58(52)66-65(63)61-28-13-14-29-64(61)68(66)53-21-5-2-6-22-53/h1-44H. The third kappa shape index (κ3) is 6.73. The quantitative estimate of drug-likeness (QED) is 0.138. The molecule has 0 fully saturated rings. The van der Waals surface area contributed by atoms with Crippen LogP contribution in [0.1, 0.15) is 0 Å². The third-order valence-electron chi connectivity index (χ3n) is 13.7. The van der Waals surface area contributed by atoms with Gasteiger partial charge in [0.15, 0.2) is 0 Å². The molecular weight excluding hydrogens is 821 g/mol. The van der Waals surface area contributed by atoms with Gasteiger partial charge in [0.05, 0.1) is 11.0 Å². The van der Waals surface area contributed by atoms with Crippen molar-refractivity contribution in [3.05, 3.63) is 267 Å². The van der Waals surface area contributed by atoms with E-state index in [1.807, 2.05) is 0 Å².